The highest BCUT2D eigenvalue weighted by atomic mass is 19.1. The third-order valence-electron chi connectivity index (χ3n) is 3.77. The zero-order valence-corrected chi connectivity index (χ0v) is 14.2. The van der Waals surface area contributed by atoms with Gasteiger partial charge in [-0.1, -0.05) is 42.5 Å². The van der Waals surface area contributed by atoms with Gasteiger partial charge in [-0.25, -0.2) is 9.37 Å². The summed E-state index contributed by atoms with van der Waals surface area (Å²) in [7, 11) is 0. The van der Waals surface area contributed by atoms with Crippen LogP contribution in [0.3, 0.4) is 0 Å². The van der Waals surface area contributed by atoms with Crippen LogP contribution in [-0.2, 0) is 6.42 Å². The van der Waals surface area contributed by atoms with Gasteiger partial charge in [0.05, 0.1) is 5.69 Å². The first-order valence-corrected chi connectivity index (χ1v) is 8.36. The molecule has 5 heteroatoms. The lowest BCUT2D eigenvalue weighted by atomic mass is 10.1. The molecule has 0 bridgehead atoms. The monoisotopic (exact) mass is 336 g/mol. The molecule has 0 aliphatic heterocycles. The van der Waals surface area contributed by atoms with Crippen molar-refractivity contribution in [2.75, 3.05) is 17.2 Å². The van der Waals surface area contributed by atoms with Gasteiger partial charge in [0.1, 0.15) is 11.6 Å². The molecule has 3 rings (SSSR count). The van der Waals surface area contributed by atoms with E-state index < -0.39 is 0 Å². The largest absolute Gasteiger partial charge is 0.370 e. The van der Waals surface area contributed by atoms with Crippen molar-refractivity contribution in [2.45, 2.75) is 19.8 Å². The second kappa shape index (κ2) is 8.24. The average Bonchev–Trinajstić information content (AvgIpc) is 2.61. The summed E-state index contributed by atoms with van der Waals surface area (Å²) < 4.78 is 13.8. The SMILES string of the molecule is Cc1cc(NCCCc2ccccc2)nc(Nc2ccccc2F)n1. The molecule has 0 spiro atoms. The lowest BCUT2D eigenvalue weighted by molar-refractivity contribution is 0.631. The molecule has 1 aromatic heterocycles. The van der Waals surface area contributed by atoms with E-state index in [-0.39, 0.29) is 5.82 Å². The lowest BCUT2D eigenvalue weighted by Crippen LogP contribution is -2.08. The van der Waals surface area contributed by atoms with Gasteiger partial charge in [0.25, 0.3) is 0 Å². The van der Waals surface area contributed by atoms with E-state index >= 15 is 0 Å². The summed E-state index contributed by atoms with van der Waals surface area (Å²) >= 11 is 0. The second-order valence-electron chi connectivity index (χ2n) is 5.84. The Morgan fingerprint density at radius 3 is 2.52 bits per heavy atom. The summed E-state index contributed by atoms with van der Waals surface area (Å²) in [6.45, 7) is 2.70. The fraction of sp³-hybridized carbons (Fsp3) is 0.200. The highest BCUT2D eigenvalue weighted by Gasteiger charge is 2.06. The summed E-state index contributed by atoms with van der Waals surface area (Å²) in [4.78, 5) is 8.73. The van der Waals surface area contributed by atoms with E-state index in [1.54, 1.807) is 18.2 Å². The minimum Gasteiger partial charge on any atom is -0.370 e. The van der Waals surface area contributed by atoms with Crippen LogP contribution in [0.5, 0.6) is 0 Å². The van der Waals surface area contributed by atoms with Crippen LogP contribution in [0.25, 0.3) is 0 Å². The Morgan fingerprint density at radius 1 is 0.960 bits per heavy atom. The normalized spacial score (nSPS) is 10.5. The molecule has 128 valence electrons. The minimum absolute atomic E-state index is 0.329. The maximum absolute atomic E-state index is 13.8. The zero-order chi connectivity index (χ0) is 17.5. The van der Waals surface area contributed by atoms with Gasteiger partial charge in [0.15, 0.2) is 0 Å². The molecule has 1 heterocycles. The molecular formula is C20H21FN4. The molecule has 0 saturated heterocycles. The first kappa shape index (κ1) is 16.9. The van der Waals surface area contributed by atoms with Gasteiger partial charge in [-0.3, -0.25) is 0 Å². The highest BCUT2D eigenvalue weighted by Crippen LogP contribution is 2.18. The molecular weight excluding hydrogens is 315 g/mol. The number of para-hydroxylation sites is 1. The van der Waals surface area contributed by atoms with Gasteiger partial charge in [-0.15, -0.1) is 0 Å². The van der Waals surface area contributed by atoms with Crippen LogP contribution in [0.2, 0.25) is 0 Å². The summed E-state index contributed by atoms with van der Waals surface area (Å²) in [5.41, 5.74) is 2.51. The van der Waals surface area contributed by atoms with Gasteiger partial charge in [-0.2, -0.15) is 4.98 Å². The molecule has 0 saturated carbocycles. The van der Waals surface area contributed by atoms with E-state index in [0.29, 0.717) is 11.6 Å². The summed E-state index contributed by atoms with van der Waals surface area (Å²) in [5, 5.41) is 6.24. The van der Waals surface area contributed by atoms with E-state index in [1.165, 1.54) is 11.6 Å². The van der Waals surface area contributed by atoms with Crippen LogP contribution in [-0.4, -0.2) is 16.5 Å². The third kappa shape index (κ3) is 5.01. The Hall–Kier alpha value is -2.95. The van der Waals surface area contributed by atoms with E-state index in [9.17, 15) is 4.39 Å². The molecule has 2 aromatic carbocycles. The number of halogens is 1. The Kier molecular flexibility index (Phi) is 5.57. The van der Waals surface area contributed by atoms with Crippen LogP contribution in [0, 0.1) is 12.7 Å². The van der Waals surface area contributed by atoms with Gasteiger partial charge in [-0.05, 0) is 37.5 Å². The van der Waals surface area contributed by atoms with Crippen molar-refractivity contribution in [3.8, 4) is 0 Å². The molecule has 0 aliphatic carbocycles. The maximum Gasteiger partial charge on any atom is 0.229 e. The molecule has 2 N–H and O–H groups in total. The standard InChI is InChI=1S/C20H21FN4/c1-15-14-19(22-13-7-10-16-8-3-2-4-9-16)25-20(23-15)24-18-12-6-5-11-17(18)21/h2-6,8-9,11-12,14H,7,10,13H2,1H3,(H2,22,23,24,25). The third-order valence-corrected chi connectivity index (χ3v) is 3.77. The first-order chi connectivity index (χ1) is 12.2. The summed E-state index contributed by atoms with van der Waals surface area (Å²) in [6.07, 6.45) is 2.02. The smallest absolute Gasteiger partial charge is 0.229 e. The highest BCUT2D eigenvalue weighted by molar-refractivity contribution is 5.55. The number of benzene rings is 2. The van der Waals surface area contributed by atoms with Crippen molar-refractivity contribution in [3.05, 3.63) is 77.7 Å². The average molecular weight is 336 g/mol. The fourth-order valence-corrected chi connectivity index (χ4v) is 2.55. The van der Waals surface area contributed by atoms with E-state index in [2.05, 4.69) is 44.9 Å². The van der Waals surface area contributed by atoms with Crippen LogP contribution in [0.4, 0.5) is 21.8 Å². The Morgan fingerprint density at radius 2 is 1.72 bits per heavy atom. The van der Waals surface area contributed by atoms with Crippen LogP contribution in [0.15, 0.2) is 60.7 Å². The van der Waals surface area contributed by atoms with E-state index in [1.807, 2.05) is 19.1 Å². The van der Waals surface area contributed by atoms with Crippen molar-refractivity contribution in [1.82, 2.24) is 9.97 Å². The molecule has 0 radical (unpaired) electrons. The van der Waals surface area contributed by atoms with E-state index in [0.717, 1.165) is 30.9 Å². The molecule has 4 nitrogen and oxygen atoms in total. The number of anilines is 3. The number of hydrogen-bond acceptors (Lipinski definition) is 4. The Labute approximate surface area is 147 Å². The Bertz CT molecular complexity index is 821. The quantitative estimate of drug-likeness (QED) is 0.613. The van der Waals surface area contributed by atoms with Crippen molar-refractivity contribution in [1.29, 1.82) is 0 Å². The summed E-state index contributed by atoms with van der Waals surface area (Å²) in [6, 6.07) is 18.8. The molecule has 0 amide bonds. The maximum atomic E-state index is 13.8. The van der Waals surface area contributed by atoms with Crippen molar-refractivity contribution in [3.63, 3.8) is 0 Å². The first-order valence-electron chi connectivity index (χ1n) is 8.36. The summed E-state index contributed by atoms with van der Waals surface area (Å²) in [5.74, 6) is 0.792. The van der Waals surface area contributed by atoms with Crippen LogP contribution in [0.1, 0.15) is 17.7 Å². The second-order valence-corrected chi connectivity index (χ2v) is 5.84. The molecule has 25 heavy (non-hydrogen) atoms. The lowest BCUT2D eigenvalue weighted by Gasteiger charge is -2.10. The molecule has 0 unspecified atom stereocenters. The number of nitrogens with one attached hydrogen (secondary N) is 2. The van der Waals surface area contributed by atoms with Gasteiger partial charge >= 0.3 is 0 Å². The van der Waals surface area contributed by atoms with Crippen molar-refractivity contribution >= 4 is 17.5 Å². The molecule has 0 aliphatic rings. The number of aryl methyl sites for hydroxylation is 2. The van der Waals surface area contributed by atoms with Gasteiger partial charge in [0.2, 0.25) is 5.95 Å². The predicted molar refractivity (Wildman–Crippen MR) is 99.7 cm³/mol. The van der Waals surface area contributed by atoms with E-state index in [4.69, 9.17) is 0 Å². The number of hydrogen-bond donors (Lipinski definition) is 2. The number of nitrogens with zero attached hydrogens (tertiary/aromatic N) is 2. The topological polar surface area (TPSA) is 49.8 Å². The van der Waals surface area contributed by atoms with Crippen molar-refractivity contribution < 1.29 is 4.39 Å². The molecule has 0 atom stereocenters. The van der Waals surface area contributed by atoms with Gasteiger partial charge < -0.3 is 10.6 Å². The van der Waals surface area contributed by atoms with Crippen molar-refractivity contribution in [2.24, 2.45) is 0 Å². The van der Waals surface area contributed by atoms with Crippen LogP contribution >= 0.6 is 0 Å². The van der Waals surface area contributed by atoms with Gasteiger partial charge in [0, 0.05) is 18.3 Å². The van der Waals surface area contributed by atoms with Crippen LogP contribution < -0.4 is 10.6 Å². The molecule has 0 fully saturated rings. The fourth-order valence-electron chi connectivity index (χ4n) is 2.55. The number of aromatic nitrogens is 2. The predicted octanol–water partition coefficient (Wildman–Crippen LogP) is 4.71. The molecule has 3 aromatic rings. The zero-order valence-electron chi connectivity index (χ0n) is 14.2. The Balaban J connectivity index is 1.59. The minimum atomic E-state index is -0.329. The number of rotatable bonds is 7.